The Kier molecular flexibility index (Phi) is 8.97. The van der Waals surface area contributed by atoms with Gasteiger partial charge in [-0.2, -0.15) is 0 Å². The van der Waals surface area contributed by atoms with Crippen LogP contribution in [0.25, 0.3) is 78.0 Å². The fraction of sp³-hybridized carbons (Fsp3) is 0. The van der Waals surface area contributed by atoms with Crippen molar-refractivity contribution in [1.82, 2.24) is 19.9 Å². The summed E-state index contributed by atoms with van der Waals surface area (Å²) in [6.07, 6.45) is 3.43. The lowest BCUT2D eigenvalue weighted by Gasteiger charge is -2.27. The first kappa shape index (κ1) is 36.9. The van der Waals surface area contributed by atoms with Gasteiger partial charge in [-0.25, -0.2) is 19.9 Å². The minimum absolute atomic E-state index is 0.526. The molecule has 302 valence electrons. The van der Waals surface area contributed by atoms with Crippen molar-refractivity contribution in [3.8, 4) is 34.0 Å². The van der Waals surface area contributed by atoms with Crippen molar-refractivity contribution in [1.29, 1.82) is 0 Å². The van der Waals surface area contributed by atoms with E-state index in [4.69, 9.17) is 8.83 Å². The quantitative estimate of drug-likeness (QED) is 0.142. The summed E-state index contributed by atoms with van der Waals surface area (Å²) < 4.78 is 12.0. The Morgan fingerprint density at radius 1 is 0.328 bits per heavy atom. The topological polar surface area (TPSA) is 84.3 Å². The summed E-state index contributed by atoms with van der Waals surface area (Å²) in [7, 11) is 0. The van der Waals surface area contributed by atoms with Gasteiger partial charge in [-0.3, -0.25) is 0 Å². The molecule has 0 radical (unpaired) electrons. The van der Waals surface area contributed by atoms with Crippen molar-refractivity contribution in [3.05, 3.63) is 219 Å². The smallest absolute Gasteiger partial charge is 0.247 e. The van der Waals surface area contributed by atoms with Gasteiger partial charge in [0.15, 0.2) is 0 Å². The van der Waals surface area contributed by atoms with Crippen LogP contribution < -0.4 is 9.80 Å². The van der Waals surface area contributed by atoms with Crippen molar-refractivity contribution in [2.75, 3.05) is 9.80 Å². The van der Waals surface area contributed by atoms with Gasteiger partial charge >= 0.3 is 0 Å². The van der Waals surface area contributed by atoms with Crippen molar-refractivity contribution >= 4 is 78.1 Å². The van der Waals surface area contributed by atoms with Gasteiger partial charge in [-0.05, 0) is 143 Å². The zero-order chi connectivity index (χ0) is 42.4. The first-order chi connectivity index (χ1) is 31.7. The molecule has 12 rings (SSSR count). The van der Waals surface area contributed by atoms with Gasteiger partial charge in [0, 0.05) is 57.3 Å². The zero-order valence-electron chi connectivity index (χ0n) is 34.3. The highest BCUT2D eigenvalue weighted by Crippen LogP contribution is 2.42. The number of rotatable bonds is 9. The van der Waals surface area contributed by atoms with Crippen LogP contribution in [-0.2, 0) is 0 Å². The molecule has 0 aliphatic rings. The Morgan fingerprint density at radius 3 is 1.33 bits per heavy atom. The molecule has 0 aliphatic heterocycles. The van der Waals surface area contributed by atoms with Crippen LogP contribution in [0.3, 0.4) is 0 Å². The Hall–Kier alpha value is -8.88. The molecule has 0 aliphatic carbocycles. The molecule has 8 aromatic carbocycles. The van der Waals surface area contributed by atoms with Crippen LogP contribution in [0.4, 0.5) is 34.1 Å². The molecule has 0 spiro atoms. The molecular weight excluding hydrogens is 789 g/mol. The van der Waals surface area contributed by atoms with E-state index in [1.165, 1.54) is 16.2 Å². The molecule has 8 heteroatoms. The van der Waals surface area contributed by atoms with Gasteiger partial charge < -0.3 is 18.6 Å². The van der Waals surface area contributed by atoms with E-state index in [0.717, 1.165) is 72.8 Å². The van der Waals surface area contributed by atoms with E-state index in [2.05, 4.69) is 212 Å². The monoisotopic (exact) mass is 824 g/mol. The average Bonchev–Trinajstić information content (AvgIpc) is 4.01. The second-order valence-electron chi connectivity index (χ2n) is 15.6. The molecular formula is C56H36N6O2. The van der Waals surface area contributed by atoms with E-state index in [-0.39, 0.29) is 0 Å². The molecule has 8 nitrogen and oxygen atoms in total. The Balaban J connectivity index is 0.879. The average molecular weight is 825 g/mol. The second kappa shape index (κ2) is 15.5. The Morgan fingerprint density at radius 2 is 0.781 bits per heavy atom. The molecule has 0 N–H and O–H groups in total. The van der Waals surface area contributed by atoms with E-state index in [1.54, 1.807) is 12.4 Å². The fourth-order valence-electron chi connectivity index (χ4n) is 8.49. The first-order valence-electron chi connectivity index (χ1n) is 21.1. The van der Waals surface area contributed by atoms with Crippen LogP contribution in [0.5, 0.6) is 0 Å². The highest BCUT2D eigenvalue weighted by Gasteiger charge is 2.19. The first-order valence-corrected chi connectivity index (χ1v) is 21.1. The molecule has 4 aromatic heterocycles. The lowest BCUT2D eigenvalue weighted by atomic mass is 10.0. The predicted molar refractivity (Wildman–Crippen MR) is 258 cm³/mol. The van der Waals surface area contributed by atoms with Gasteiger partial charge in [-0.15, -0.1) is 0 Å². The van der Waals surface area contributed by atoms with Crippen molar-refractivity contribution < 1.29 is 8.83 Å². The van der Waals surface area contributed by atoms with E-state index >= 15 is 0 Å². The maximum absolute atomic E-state index is 6.00. The lowest BCUT2D eigenvalue weighted by Crippen LogP contribution is -2.10. The standard InChI is InChI=1S/C56H36N6O2/c1-2-10-43-36-48(33-20-37(43)8-1)61(45-29-21-41(22-30-45)53-59-50-13-6-34-57-55(50)63-53)44-25-16-38(17-26-44)39-18-27-46(28-19-39)62(52-15-5-11-40-9-3-4-12-49(40)52)47-31-23-42(24-32-47)54-60-51-14-7-35-58-56(51)64-54/h1-36H. The minimum atomic E-state index is 0.526. The van der Waals surface area contributed by atoms with Crippen LogP contribution in [0.15, 0.2) is 227 Å². The third-order valence-corrected chi connectivity index (χ3v) is 11.7. The maximum Gasteiger partial charge on any atom is 0.247 e. The van der Waals surface area contributed by atoms with E-state index in [1.807, 2.05) is 24.3 Å². The van der Waals surface area contributed by atoms with Gasteiger partial charge in [0.25, 0.3) is 0 Å². The molecule has 0 unspecified atom stereocenters. The van der Waals surface area contributed by atoms with E-state index < -0.39 is 0 Å². The largest absolute Gasteiger partial charge is 0.418 e. The Labute approximate surface area is 368 Å². The van der Waals surface area contributed by atoms with E-state index in [9.17, 15) is 0 Å². The third-order valence-electron chi connectivity index (χ3n) is 11.7. The number of anilines is 6. The highest BCUT2D eigenvalue weighted by atomic mass is 16.4. The molecule has 64 heavy (non-hydrogen) atoms. The minimum Gasteiger partial charge on any atom is -0.418 e. The Bertz CT molecular complexity index is 3550. The maximum atomic E-state index is 6.00. The predicted octanol–water partition coefficient (Wildman–Crippen LogP) is 15.0. The molecule has 0 bridgehead atoms. The summed E-state index contributed by atoms with van der Waals surface area (Å²) in [6, 6.07) is 71.8. The van der Waals surface area contributed by atoms with Crippen LogP contribution in [0.2, 0.25) is 0 Å². The van der Waals surface area contributed by atoms with Crippen LogP contribution in [0, 0.1) is 0 Å². The highest BCUT2D eigenvalue weighted by molar-refractivity contribution is 5.99. The number of fused-ring (bicyclic) bond motifs is 4. The number of hydrogen-bond acceptors (Lipinski definition) is 8. The molecule has 0 fully saturated rings. The third kappa shape index (κ3) is 6.76. The van der Waals surface area contributed by atoms with Gasteiger partial charge in [-0.1, -0.05) is 91.0 Å². The molecule has 0 atom stereocenters. The number of aromatic nitrogens is 4. The number of oxazole rings is 2. The summed E-state index contributed by atoms with van der Waals surface area (Å²) in [5, 5.41) is 4.70. The molecule has 12 aromatic rings. The van der Waals surface area contributed by atoms with Crippen molar-refractivity contribution in [2.24, 2.45) is 0 Å². The molecule has 0 amide bonds. The number of pyridine rings is 2. The van der Waals surface area contributed by atoms with Gasteiger partial charge in [0.05, 0.1) is 5.69 Å². The normalized spacial score (nSPS) is 11.4. The second-order valence-corrected chi connectivity index (χ2v) is 15.6. The number of hydrogen-bond donors (Lipinski definition) is 0. The summed E-state index contributed by atoms with van der Waals surface area (Å²) in [5.74, 6) is 1.08. The summed E-state index contributed by atoms with van der Waals surface area (Å²) in [5.41, 5.74) is 12.8. The van der Waals surface area contributed by atoms with Crippen LogP contribution >= 0.6 is 0 Å². The number of nitrogens with zero attached hydrogens (tertiary/aromatic N) is 6. The summed E-state index contributed by atoms with van der Waals surface area (Å²) >= 11 is 0. The lowest BCUT2D eigenvalue weighted by molar-refractivity contribution is 0.607. The van der Waals surface area contributed by atoms with Crippen molar-refractivity contribution in [3.63, 3.8) is 0 Å². The molecule has 4 heterocycles. The van der Waals surface area contributed by atoms with E-state index in [0.29, 0.717) is 23.2 Å². The zero-order valence-corrected chi connectivity index (χ0v) is 34.3. The van der Waals surface area contributed by atoms with Crippen molar-refractivity contribution in [2.45, 2.75) is 0 Å². The van der Waals surface area contributed by atoms with Crippen LogP contribution in [0.1, 0.15) is 0 Å². The van der Waals surface area contributed by atoms with Gasteiger partial charge in [0.2, 0.25) is 23.2 Å². The van der Waals surface area contributed by atoms with Crippen LogP contribution in [-0.4, -0.2) is 19.9 Å². The molecule has 0 saturated heterocycles. The number of benzene rings is 8. The summed E-state index contributed by atoms with van der Waals surface area (Å²) in [4.78, 5) is 22.6. The SMILES string of the molecule is c1ccc2cc(N(c3ccc(-c4ccc(N(c5ccc(-c6nc7cccnc7o6)cc5)c5cccc6ccccc56)cc4)cc3)c3ccc(-c4nc5cccnc5o4)cc3)ccc2c1. The fourth-order valence-corrected chi connectivity index (χ4v) is 8.49. The van der Waals surface area contributed by atoms with Gasteiger partial charge in [0.1, 0.15) is 11.0 Å². The summed E-state index contributed by atoms with van der Waals surface area (Å²) in [6.45, 7) is 0. The molecule has 0 saturated carbocycles.